The summed E-state index contributed by atoms with van der Waals surface area (Å²) in [5.74, 6) is 0.230. The molecule has 0 fully saturated rings. The van der Waals surface area contributed by atoms with Gasteiger partial charge in [0.2, 0.25) is 0 Å². The van der Waals surface area contributed by atoms with Gasteiger partial charge in [0.05, 0.1) is 13.4 Å². The minimum Gasteiger partial charge on any atom is -0.494 e. The zero-order chi connectivity index (χ0) is 13.1. The summed E-state index contributed by atoms with van der Waals surface area (Å²) in [5, 5.41) is 10.2. The van der Waals surface area contributed by atoms with Crippen molar-refractivity contribution in [1.29, 1.82) is 0 Å². The topological polar surface area (TPSA) is 42.6 Å². The predicted molar refractivity (Wildman–Crippen MR) is 65.1 cm³/mol. The Morgan fingerprint density at radius 1 is 1.33 bits per heavy atom. The average Bonchev–Trinajstić information content (AvgIpc) is 2.86. The summed E-state index contributed by atoms with van der Waals surface area (Å²) in [6, 6.07) is 6.35. The van der Waals surface area contributed by atoms with Crippen molar-refractivity contribution in [2.45, 2.75) is 19.4 Å². The third kappa shape index (κ3) is 2.11. The molecule has 1 unspecified atom stereocenters. The second-order valence-corrected chi connectivity index (χ2v) is 3.92. The number of hydrogen-bond acceptors (Lipinski definition) is 3. The Morgan fingerprint density at radius 2 is 2.11 bits per heavy atom. The van der Waals surface area contributed by atoms with Crippen LogP contribution in [0, 0.1) is 5.82 Å². The molecule has 0 aliphatic carbocycles. The van der Waals surface area contributed by atoms with Gasteiger partial charge in [0.15, 0.2) is 11.6 Å². The number of rotatable bonds is 4. The van der Waals surface area contributed by atoms with Crippen LogP contribution in [-0.4, -0.2) is 12.2 Å². The molecule has 0 radical (unpaired) electrons. The van der Waals surface area contributed by atoms with E-state index in [2.05, 4.69) is 0 Å². The first-order valence-electron chi connectivity index (χ1n) is 5.75. The predicted octanol–water partition coefficient (Wildman–Crippen LogP) is 3.07. The molecule has 0 bridgehead atoms. The molecule has 0 aliphatic rings. The lowest BCUT2D eigenvalue weighted by atomic mass is 10.0. The van der Waals surface area contributed by atoms with Gasteiger partial charge in [-0.1, -0.05) is 19.1 Å². The van der Waals surface area contributed by atoms with Crippen LogP contribution in [0.5, 0.6) is 5.75 Å². The number of halogens is 1. The zero-order valence-corrected chi connectivity index (χ0v) is 10.3. The Hall–Kier alpha value is -1.81. The average molecular weight is 250 g/mol. The summed E-state index contributed by atoms with van der Waals surface area (Å²) in [4.78, 5) is 0. The number of aliphatic hydroxyl groups excluding tert-OH is 1. The molecule has 0 aliphatic heterocycles. The molecule has 0 saturated carbocycles. The number of methoxy groups -OCH3 is 1. The molecule has 1 aromatic heterocycles. The van der Waals surface area contributed by atoms with Crippen LogP contribution < -0.4 is 4.74 Å². The van der Waals surface area contributed by atoms with E-state index >= 15 is 0 Å². The van der Waals surface area contributed by atoms with Crippen molar-refractivity contribution in [2.24, 2.45) is 0 Å². The molecule has 18 heavy (non-hydrogen) atoms. The van der Waals surface area contributed by atoms with Gasteiger partial charge in [-0.05, 0) is 12.1 Å². The van der Waals surface area contributed by atoms with Crippen molar-refractivity contribution in [3.8, 4) is 5.75 Å². The Kier molecular flexibility index (Phi) is 3.67. The quantitative estimate of drug-likeness (QED) is 0.906. The van der Waals surface area contributed by atoms with Crippen LogP contribution in [0.15, 0.2) is 34.9 Å². The van der Waals surface area contributed by atoms with E-state index in [4.69, 9.17) is 9.15 Å². The minimum absolute atomic E-state index is 0.119. The highest BCUT2D eigenvalue weighted by atomic mass is 19.1. The van der Waals surface area contributed by atoms with Gasteiger partial charge in [0.1, 0.15) is 11.9 Å². The van der Waals surface area contributed by atoms with Gasteiger partial charge in [0.25, 0.3) is 0 Å². The number of ether oxygens (including phenoxy) is 1. The van der Waals surface area contributed by atoms with Crippen molar-refractivity contribution in [3.63, 3.8) is 0 Å². The second kappa shape index (κ2) is 5.23. The summed E-state index contributed by atoms with van der Waals surface area (Å²) in [5.41, 5.74) is 0.773. The van der Waals surface area contributed by atoms with Gasteiger partial charge < -0.3 is 14.3 Å². The SMILES string of the molecule is CCc1occc1C(O)c1cccc(OC)c1F. The molecule has 4 heteroatoms. The van der Waals surface area contributed by atoms with Crippen LogP contribution in [-0.2, 0) is 6.42 Å². The first-order chi connectivity index (χ1) is 8.69. The maximum absolute atomic E-state index is 14.0. The summed E-state index contributed by atoms with van der Waals surface area (Å²) >= 11 is 0. The highest BCUT2D eigenvalue weighted by molar-refractivity contribution is 5.37. The first-order valence-corrected chi connectivity index (χ1v) is 5.75. The van der Waals surface area contributed by atoms with Crippen LogP contribution in [0.2, 0.25) is 0 Å². The van der Waals surface area contributed by atoms with E-state index in [-0.39, 0.29) is 11.3 Å². The number of hydrogen-bond donors (Lipinski definition) is 1. The van der Waals surface area contributed by atoms with Gasteiger partial charge in [-0.15, -0.1) is 0 Å². The highest BCUT2D eigenvalue weighted by Gasteiger charge is 2.21. The second-order valence-electron chi connectivity index (χ2n) is 3.92. The molecule has 2 rings (SSSR count). The van der Waals surface area contributed by atoms with Crippen LogP contribution in [0.25, 0.3) is 0 Å². The fraction of sp³-hybridized carbons (Fsp3) is 0.286. The largest absolute Gasteiger partial charge is 0.494 e. The molecular formula is C14H15FO3. The van der Waals surface area contributed by atoms with Crippen LogP contribution in [0.4, 0.5) is 4.39 Å². The molecule has 1 atom stereocenters. The molecule has 0 spiro atoms. The van der Waals surface area contributed by atoms with Gasteiger partial charge in [-0.25, -0.2) is 4.39 Å². The minimum atomic E-state index is -1.05. The molecule has 2 aromatic rings. The van der Waals surface area contributed by atoms with Gasteiger partial charge >= 0.3 is 0 Å². The summed E-state index contributed by atoms with van der Waals surface area (Å²) in [7, 11) is 1.39. The third-order valence-electron chi connectivity index (χ3n) is 2.90. The maximum atomic E-state index is 14.0. The Bertz CT molecular complexity index is 534. The van der Waals surface area contributed by atoms with Gasteiger partial charge in [-0.3, -0.25) is 0 Å². The standard InChI is InChI=1S/C14H15FO3/c1-3-11-9(7-8-18-11)14(16)10-5-4-6-12(17-2)13(10)15/h4-8,14,16H,3H2,1-2H3. The Labute approximate surface area is 105 Å². The normalized spacial score (nSPS) is 12.4. The Balaban J connectivity index is 2.43. The fourth-order valence-electron chi connectivity index (χ4n) is 1.95. The molecule has 0 amide bonds. The number of furan rings is 1. The van der Waals surface area contributed by atoms with E-state index in [0.717, 1.165) is 0 Å². The van der Waals surface area contributed by atoms with E-state index in [1.165, 1.54) is 25.5 Å². The first kappa shape index (κ1) is 12.6. The van der Waals surface area contributed by atoms with Crippen molar-refractivity contribution in [1.82, 2.24) is 0 Å². The van der Waals surface area contributed by atoms with E-state index in [9.17, 15) is 9.50 Å². The van der Waals surface area contributed by atoms with Crippen LogP contribution in [0.3, 0.4) is 0 Å². The molecule has 0 saturated heterocycles. The molecule has 1 heterocycles. The maximum Gasteiger partial charge on any atom is 0.171 e. The lowest BCUT2D eigenvalue weighted by Crippen LogP contribution is -2.05. The van der Waals surface area contributed by atoms with Crippen LogP contribution >= 0.6 is 0 Å². The summed E-state index contributed by atoms with van der Waals surface area (Å²) in [6.45, 7) is 1.91. The molecule has 3 nitrogen and oxygen atoms in total. The van der Waals surface area contributed by atoms with Gasteiger partial charge in [0, 0.05) is 17.5 Å². The lowest BCUT2D eigenvalue weighted by Gasteiger charge is -2.13. The van der Waals surface area contributed by atoms with Crippen LogP contribution in [0.1, 0.15) is 29.9 Å². The molecular weight excluding hydrogens is 235 g/mol. The van der Waals surface area contributed by atoms with E-state index in [1.54, 1.807) is 12.1 Å². The lowest BCUT2D eigenvalue weighted by molar-refractivity contribution is 0.210. The molecule has 1 N–H and O–H groups in total. The number of aliphatic hydroxyl groups is 1. The zero-order valence-electron chi connectivity index (χ0n) is 10.3. The number of aryl methyl sites for hydroxylation is 1. The van der Waals surface area contributed by atoms with E-state index in [1.807, 2.05) is 6.92 Å². The molecule has 1 aromatic carbocycles. The molecule has 96 valence electrons. The third-order valence-corrected chi connectivity index (χ3v) is 2.90. The highest BCUT2D eigenvalue weighted by Crippen LogP contribution is 2.31. The number of benzene rings is 1. The van der Waals surface area contributed by atoms with Crippen molar-refractivity contribution in [2.75, 3.05) is 7.11 Å². The smallest absolute Gasteiger partial charge is 0.171 e. The summed E-state index contributed by atoms with van der Waals surface area (Å²) in [6.07, 6.45) is 1.09. The monoisotopic (exact) mass is 250 g/mol. The van der Waals surface area contributed by atoms with Crippen molar-refractivity contribution < 1.29 is 18.7 Å². The van der Waals surface area contributed by atoms with Crippen molar-refractivity contribution in [3.05, 3.63) is 53.2 Å². The van der Waals surface area contributed by atoms with E-state index in [0.29, 0.717) is 17.7 Å². The Morgan fingerprint density at radius 3 is 2.78 bits per heavy atom. The van der Waals surface area contributed by atoms with Crippen molar-refractivity contribution >= 4 is 0 Å². The van der Waals surface area contributed by atoms with E-state index < -0.39 is 11.9 Å². The fourth-order valence-corrected chi connectivity index (χ4v) is 1.95. The van der Waals surface area contributed by atoms with Gasteiger partial charge in [-0.2, -0.15) is 0 Å². The summed E-state index contributed by atoms with van der Waals surface area (Å²) < 4.78 is 24.2.